The fourth-order valence-corrected chi connectivity index (χ4v) is 2.22. The second kappa shape index (κ2) is 2.98. The molecule has 1 aliphatic rings. The van der Waals surface area contributed by atoms with Crippen LogP contribution in [0.2, 0.25) is 0 Å². The van der Waals surface area contributed by atoms with Crippen LogP contribution in [0.15, 0.2) is 0 Å². The Morgan fingerprint density at radius 2 is 1.92 bits per heavy atom. The van der Waals surface area contributed by atoms with Gasteiger partial charge in [0.25, 0.3) is 0 Å². The van der Waals surface area contributed by atoms with Gasteiger partial charge in [0.15, 0.2) is 0 Å². The molecule has 1 fully saturated rings. The average Bonchev–Trinajstić information content (AvgIpc) is 2.20. The van der Waals surface area contributed by atoms with E-state index in [2.05, 4.69) is 0 Å². The molecule has 0 aromatic heterocycles. The Balaban J connectivity index is 2.95. The number of ether oxygens (including phenoxy) is 1. The van der Waals surface area contributed by atoms with Crippen LogP contribution in [-0.2, 0) is 9.53 Å². The monoisotopic (exact) mass is 186 g/mol. The Bertz CT molecular complexity index is 222. The number of aliphatic hydroxyl groups is 1. The maximum Gasteiger partial charge on any atom is 0.312 e. The zero-order valence-electron chi connectivity index (χ0n) is 8.76. The van der Waals surface area contributed by atoms with Gasteiger partial charge >= 0.3 is 5.97 Å². The van der Waals surface area contributed by atoms with E-state index < -0.39 is 5.41 Å². The molecule has 2 atom stereocenters. The minimum Gasteiger partial charge on any atom is -0.469 e. The van der Waals surface area contributed by atoms with Crippen molar-refractivity contribution in [1.82, 2.24) is 0 Å². The first-order chi connectivity index (χ1) is 5.83. The summed E-state index contributed by atoms with van der Waals surface area (Å²) in [5, 5.41) is 9.54. The third kappa shape index (κ3) is 1.46. The van der Waals surface area contributed by atoms with Crippen molar-refractivity contribution in [2.45, 2.75) is 39.7 Å². The summed E-state index contributed by atoms with van der Waals surface area (Å²) >= 11 is 0. The van der Waals surface area contributed by atoms with Crippen LogP contribution in [0.25, 0.3) is 0 Å². The molecule has 0 unspecified atom stereocenters. The quantitative estimate of drug-likeness (QED) is 0.629. The highest BCUT2D eigenvalue weighted by molar-refractivity contribution is 5.77. The van der Waals surface area contributed by atoms with Crippen molar-refractivity contribution in [2.75, 3.05) is 7.11 Å². The van der Waals surface area contributed by atoms with Gasteiger partial charge in [-0.15, -0.1) is 0 Å². The number of carbonyl (C=O) groups excluding carboxylic acids is 1. The van der Waals surface area contributed by atoms with Gasteiger partial charge < -0.3 is 9.84 Å². The highest BCUT2D eigenvalue weighted by atomic mass is 16.5. The molecule has 0 amide bonds. The fraction of sp³-hybridized carbons (Fsp3) is 0.900. The maximum atomic E-state index is 11.6. The molecule has 1 rings (SSSR count). The van der Waals surface area contributed by atoms with Crippen molar-refractivity contribution in [3.8, 4) is 0 Å². The SMILES string of the molecule is COC(=O)[C@@]1(C)C[C@@H](O)CC1(C)C. The largest absolute Gasteiger partial charge is 0.469 e. The topological polar surface area (TPSA) is 46.5 Å². The number of hydrogen-bond acceptors (Lipinski definition) is 3. The molecule has 0 radical (unpaired) electrons. The Morgan fingerprint density at radius 3 is 2.23 bits per heavy atom. The molecule has 13 heavy (non-hydrogen) atoms. The second-order valence-electron chi connectivity index (χ2n) is 4.77. The van der Waals surface area contributed by atoms with Crippen LogP contribution in [0.3, 0.4) is 0 Å². The summed E-state index contributed by atoms with van der Waals surface area (Å²) in [4.78, 5) is 11.6. The van der Waals surface area contributed by atoms with E-state index in [9.17, 15) is 9.90 Å². The van der Waals surface area contributed by atoms with E-state index in [1.807, 2.05) is 20.8 Å². The van der Waals surface area contributed by atoms with Crippen molar-refractivity contribution < 1.29 is 14.6 Å². The van der Waals surface area contributed by atoms with Crippen LogP contribution >= 0.6 is 0 Å². The van der Waals surface area contributed by atoms with E-state index in [0.717, 1.165) is 0 Å². The molecule has 1 saturated carbocycles. The van der Waals surface area contributed by atoms with Gasteiger partial charge in [-0.3, -0.25) is 4.79 Å². The van der Waals surface area contributed by atoms with Crippen LogP contribution < -0.4 is 0 Å². The molecule has 0 spiro atoms. The number of esters is 1. The van der Waals surface area contributed by atoms with Crippen LogP contribution in [0, 0.1) is 10.8 Å². The molecular weight excluding hydrogens is 168 g/mol. The number of rotatable bonds is 1. The molecule has 3 nitrogen and oxygen atoms in total. The van der Waals surface area contributed by atoms with E-state index in [-0.39, 0.29) is 17.5 Å². The molecule has 3 heteroatoms. The molecular formula is C10H18O3. The first-order valence-corrected chi connectivity index (χ1v) is 4.60. The van der Waals surface area contributed by atoms with Crippen LogP contribution in [0.5, 0.6) is 0 Å². The summed E-state index contributed by atoms with van der Waals surface area (Å²) in [5.41, 5.74) is -0.722. The van der Waals surface area contributed by atoms with Crippen LogP contribution in [0.1, 0.15) is 33.6 Å². The lowest BCUT2D eigenvalue weighted by Gasteiger charge is -2.34. The highest BCUT2D eigenvalue weighted by Gasteiger charge is 2.54. The average molecular weight is 186 g/mol. The molecule has 0 aliphatic heterocycles. The zero-order chi connectivity index (χ0) is 10.3. The number of hydrogen-bond donors (Lipinski definition) is 1. The predicted octanol–water partition coefficient (Wildman–Crippen LogP) is 1.35. The highest BCUT2D eigenvalue weighted by Crippen LogP contribution is 2.52. The van der Waals surface area contributed by atoms with Crippen molar-refractivity contribution in [1.29, 1.82) is 0 Å². The minimum absolute atomic E-state index is 0.181. The van der Waals surface area contributed by atoms with E-state index in [0.29, 0.717) is 12.8 Å². The first kappa shape index (κ1) is 10.5. The van der Waals surface area contributed by atoms with Gasteiger partial charge in [0, 0.05) is 0 Å². The Labute approximate surface area is 79.1 Å². The third-order valence-electron chi connectivity index (χ3n) is 3.52. The van der Waals surface area contributed by atoms with Crippen LogP contribution in [0.4, 0.5) is 0 Å². The van der Waals surface area contributed by atoms with E-state index in [1.165, 1.54) is 7.11 Å². The summed E-state index contributed by atoms with van der Waals surface area (Å²) in [6.07, 6.45) is 0.796. The van der Waals surface area contributed by atoms with Gasteiger partial charge in [-0.25, -0.2) is 0 Å². The molecule has 76 valence electrons. The van der Waals surface area contributed by atoms with Gasteiger partial charge in [-0.1, -0.05) is 13.8 Å². The summed E-state index contributed by atoms with van der Waals surface area (Å²) in [7, 11) is 1.40. The summed E-state index contributed by atoms with van der Waals surface area (Å²) in [6.45, 7) is 5.87. The molecule has 1 N–H and O–H groups in total. The van der Waals surface area contributed by atoms with E-state index in [4.69, 9.17) is 4.74 Å². The molecule has 1 aliphatic carbocycles. The van der Waals surface area contributed by atoms with Gasteiger partial charge in [0.2, 0.25) is 0 Å². The molecule has 0 heterocycles. The second-order valence-corrected chi connectivity index (χ2v) is 4.77. The molecule has 0 saturated heterocycles. The van der Waals surface area contributed by atoms with Gasteiger partial charge in [0.05, 0.1) is 18.6 Å². The molecule has 0 bridgehead atoms. The lowest BCUT2D eigenvalue weighted by Crippen LogP contribution is -2.38. The number of carbonyl (C=O) groups is 1. The molecule has 0 aromatic rings. The summed E-state index contributed by atoms with van der Waals surface area (Å²) in [5.74, 6) is -0.214. The van der Waals surface area contributed by atoms with Crippen molar-refractivity contribution in [3.05, 3.63) is 0 Å². The smallest absolute Gasteiger partial charge is 0.312 e. The summed E-state index contributed by atoms with van der Waals surface area (Å²) < 4.78 is 4.77. The van der Waals surface area contributed by atoms with Gasteiger partial charge in [-0.05, 0) is 25.2 Å². The number of aliphatic hydroxyl groups excluding tert-OH is 1. The Hall–Kier alpha value is -0.570. The van der Waals surface area contributed by atoms with Crippen LogP contribution in [-0.4, -0.2) is 24.3 Å². The minimum atomic E-state index is -0.541. The van der Waals surface area contributed by atoms with Crippen molar-refractivity contribution in [2.24, 2.45) is 10.8 Å². The zero-order valence-corrected chi connectivity index (χ0v) is 8.76. The number of methoxy groups -OCH3 is 1. The lowest BCUT2D eigenvalue weighted by atomic mass is 9.69. The fourth-order valence-electron chi connectivity index (χ4n) is 2.22. The maximum absolute atomic E-state index is 11.6. The van der Waals surface area contributed by atoms with Gasteiger partial charge in [-0.2, -0.15) is 0 Å². The van der Waals surface area contributed by atoms with E-state index >= 15 is 0 Å². The van der Waals surface area contributed by atoms with Crippen molar-refractivity contribution >= 4 is 5.97 Å². The van der Waals surface area contributed by atoms with Gasteiger partial charge in [0.1, 0.15) is 0 Å². The Kier molecular flexibility index (Phi) is 2.41. The summed E-state index contributed by atoms with van der Waals surface area (Å²) in [6, 6.07) is 0. The molecule has 0 aromatic carbocycles. The normalized spacial score (nSPS) is 37.5. The lowest BCUT2D eigenvalue weighted by molar-refractivity contribution is -0.157. The predicted molar refractivity (Wildman–Crippen MR) is 49.1 cm³/mol. The van der Waals surface area contributed by atoms with Crippen molar-refractivity contribution in [3.63, 3.8) is 0 Å². The first-order valence-electron chi connectivity index (χ1n) is 4.60. The third-order valence-corrected chi connectivity index (χ3v) is 3.52. The van der Waals surface area contributed by atoms with E-state index in [1.54, 1.807) is 0 Å². The standard InChI is InChI=1S/C10H18O3/c1-9(2)5-7(11)6-10(9,3)8(12)13-4/h7,11H,5-6H2,1-4H3/t7-,10+/m0/s1. The Morgan fingerprint density at radius 1 is 1.38 bits per heavy atom.